The van der Waals surface area contributed by atoms with Crippen molar-refractivity contribution in [1.29, 1.82) is 0 Å². The molecule has 0 saturated carbocycles. The fraction of sp³-hybridized carbons (Fsp3) is 0.722. The SMILES string of the molecule is CN1CC(=O)N(C2CCCNCC2)Cc2c1ncnc2N1CCSCC1. The monoisotopic (exact) mass is 376 g/mol. The number of carbonyl (C=O) groups is 1. The Hall–Kier alpha value is -1.54. The number of anilines is 2. The van der Waals surface area contributed by atoms with E-state index in [-0.39, 0.29) is 5.91 Å². The third-order valence-electron chi connectivity index (χ3n) is 5.58. The average molecular weight is 377 g/mol. The Balaban J connectivity index is 1.67. The largest absolute Gasteiger partial charge is 0.355 e. The normalized spacial score (nSPS) is 24.9. The topological polar surface area (TPSA) is 64.6 Å². The van der Waals surface area contributed by atoms with Gasteiger partial charge in [0, 0.05) is 37.7 Å². The van der Waals surface area contributed by atoms with Crippen LogP contribution in [0.2, 0.25) is 0 Å². The van der Waals surface area contributed by atoms with Gasteiger partial charge in [0.1, 0.15) is 18.0 Å². The third-order valence-corrected chi connectivity index (χ3v) is 6.52. The second-order valence-corrected chi connectivity index (χ2v) is 8.54. The molecule has 1 unspecified atom stereocenters. The summed E-state index contributed by atoms with van der Waals surface area (Å²) >= 11 is 1.99. The number of carbonyl (C=O) groups excluding carboxylic acids is 1. The molecule has 3 aliphatic rings. The van der Waals surface area contributed by atoms with Crippen LogP contribution in [-0.2, 0) is 11.3 Å². The van der Waals surface area contributed by atoms with E-state index in [0.717, 1.165) is 74.1 Å². The first-order chi connectivity index (χ1) is 12.7. The summed E-state index contributed by atoms with van der Waals surface area (Å²) in [5.74, 6) is 4.40. The Bertz CT molecular complexity index is 643. The standard InChI is InChI=1S/C18H28N6OS/c1-22-12-16(25)24(14-3-2-5-19-6-4-14)11-15-17(22)20-13-21-18(15)23-7-9-26-10-8-23/h13-14,19H,2-12H2,1H3. The number of nitrogens with zero attached hydrogens (tertiary/aromatic N) is 5. The minimum Gasteiger partial charge on any atom is -0.355 e. The molecule has 0 aromatic carbocycles. The lowest BCUT2D eigenvalue weighted by Crippen LogP contribution is -2.43. The average Bonchev–Trinajstić information content (AvgIpc) is 3.01. The van der Waals surface area contributed by atoms with Crippen molar-refractivity contribution in [3.63, 3.8) is 0 Å². The first kappa shape index (κ1) is 17.9. The van der Waals surface area contributed by atoms with E-state index >= 15 is 0 Å². The molecule has 3 aliphatic heterocycles. The molecule has 2 fully saturated rings. The van der Waals surface area contributed by atoms with Gasteiger partial charge in [-0.3, -0.25) is 4.79 Å². The van der Waals surface area contributed by atoms with E-state index in [2.05, 4.69) is 25.1 Å². The molecule has 1 aromatic heterocycles. The molecule has 0 spiro atoms. The van der Waals surface area contributed by atoms with Crippen LogP contribution in [0.3, 0.4) is 0 Å². The quantitative estimate of drug-likeness (QED) is 0.824. The highest BCUT2D eigenvalue weighted by Gasteiger charge is 2.32. The Morgan fingerprint density at radius 1 is 1.12 bits per heavy atom. The number of amides is 1. The van der Waals surface area contributed by atoms with Crippen LogP contribution < -0.4 is 15.1 Å². The van der Waals surface area contributed by atoms with E-state index in [4.69, 9.17) is 0 Å². The summed E-state index contributed by atoms with van der Waals surface area (Å²) in [6, 6.07) is 0.307. The minimum atomic E-state index is 0.206. The number of fused-ring (bicyclic) bond motifs is 1. The lowest BCUT2D eigenvalue weighted by molar-refractivity contribution is -0.132. The Morgan fingerprint density at radius 3 is 2.77 bits per heavy atom. The number of hydrogen-bond donors (Lipinski definition) is 1. The van der Waals surface area contributed by atoms with Gasteiger partial charge in [-0.2, -0.15) is 11.8 Å². The first-order valence-corrected chi connectivity index (χ1v) is 10.8. The van der Waals surface area contributed by atoms with Crippen LogP contribution in [0.15, 0.2) is 6.33 Å². The molecule has 0 aliphatic carbocycles. The summed E-state index contributed by atoms with van der Waals surface area (Å²) in [4.78, 5) is 28.6. The lowest BCUT2D eigenvalue weighted by atomic mass is 10.1. The zero-order chi connectivity index (χ0) is 17.9. The van der Waals surface area contributed by atoms with Crippen LogP contribution in [-0.4, -0.2) is 78.1 Å². The summed E-state index contributed by atoms with van der Waals surface area (Å²) in [6.07, 6.45) is 4.87. The minimum absolute atomic E-state index is 0.206. The van der Waals surface area contributed by atoms with Crippen LogP contribution in [0.4, 0.5) is 11.6 Å². The summed E-state index contributed by atoms with van der Waals surface area (Å²) in [6.45, 7) is 5.08. The predicted octanol–water partition coefficient (Wildman–Crippen LogP) is 0.950. The molecule has 7 nitrogen and oxygen atoms in total. The molecular formula is C18H28N6OS. The number of rotatable bonds is 2. The van der Waals surface area contributed by atoms with Gasteiger partial charge in [0.05, 0.1) is 18.7 Å². The van der Waals surface area contributed by atoms with Crippen LogP contribution in [0.25, 0.3) is 0 Å². The van der Waals surface area contributed by atoms with Crippen molar-refractivity contribution in [1.82, 2.24) is 20.2 Å². The van der Waals surface area contributed by atoms with E-state index in [9.17, 15) is 4.79 Å². The number of nitrogens with one attached hydrogen (secondary N) is 1. The molecule has 26 heavy (non-hydrogen) atoms. The maximum atomic E-state index is 13.0. The van der Waals surface area contributed by atoms with Crippen molar-refractivity contribution in [2.75, 3.05) is 61.1 Å². The predicted molar refractivity (Wildman–Crippen MR) is 106 cm³/mol. The van der Waals surface area contributed by atoms with Gasteiger partial charge >= 0.3 is 0 Å². The molecule has 1 N–H and O–H groups in total. The number of thioether (sulfide) groups is 1. The molecule has 0 radical (unpaired) electrons. The van der Waals surface area contributed by atoms with Crippen molar-refractivity contribution in [3.05, 3.63) is 11.9 Å². The lowest BCUT2D eigenvalue weighted by Gasteiger charge is -2.32. The molecule has 0 bridgehead atoms. The van der Waals surface area contributed by atoms with Crippen LogP contribution in [0, 0.1) is 0 Å². The fourth-order valence-electron chi connectivity index (χ4n) is 4.18. The Morgan fingerprint density at radius 2 is 1.92 bits per heavy atom. The Kier molecular flexibility index (Phi) is 5.49. The van der Waals surface area contributed by atoms with Crippen LogP contribution in [0.5, 0.6) is 0 Å². The molecule has 8 heteroatoms. The van der Waals surface area contributed by atoms with Crippen LogP contribution >= 0.6 is 11.8 Å². The molecule has 4 heterocycles. The first-order valence-electron chi connectivity index (χ1n) is 9.62. The van der Waals surface area contributed by atoms with Crippen LogP contribution in [0.1, 0.15) is 24.8 Å². The van der Waals surface area contributed by atoms with Gasteiger partial charge in [0.25, 0.3) is 0 Å². The second-order valence-electron chi connectivity index (χ2n) is 7.31. The van der Waals surface area contributed by atoms with Gasteiger partial charge in [-0.1, -0.05) is 0 Å². The molecule has 1 amide bonds. The summed E-state index contributed by atoms with van der Waals surface area (Å²) < 4.78 is 0. The van der Waals surface area contributed by atoms with Crippen molar-refractivity contribution in [3.8, 4) is 0 Å². The second kappa shape index (κ2) is 8.00. The number of aromatic nitrogens is 2. The number of hydrogen-bond acceptors (Lipinski definition) is 7. The van der Waals surface area contributed by atoms with E-state index in [0.29, 0.717) is 19.1 Å². The number of likely N-dealkylation sites (N-methyl/N-ethyl adjacent to an activating group) is 1. The molecule has 1 aromatic rings. The smallest absolute Gasteiger partial charge is 0.242 e. The van der Waals surface area contributed by atoms with Gasteiger partial charge in [-0.15, -0.1) is 0 Å². The zero-order valence-corrected chi connectivity index (χ0v) is 16.3. The molecule has 2 saturated heterocycles. The van der Waals surface area contributed by atoms with Gasteiger partial charge in [0.15, 0.2) is 0 Å². The summed E-state index contributed by atoms with van der Waals surface area (Å²) in [5.41, 5.74) is 1.12. The van der Waals surface area contributed by atoms with Gasteiger partial charge in [-0.05, 0) is 32.4 Å². The molecule has 1 atom stereocenters. The summed E-state index contributed by atoms with van der Waals surface area (Å²) in [7, 11) is 1.97. The summed E-state index contributed by atoms with van der Waals surface area (Å²) in [5, 5.41) is 3.45. The highest BCUT2D eigenvalue weighted by Crippen LogP contribution is 2.32. The van der Waals surface area contributed by atoms with Crippen molar-refractivity contribution in [2.24, 2.45) is 0 Å². The highest BCUT2D eigenvalue weighted by atomic mass is 32.2. The zero-order valence-electron chi connectivity index (χ0n) is 15.5. The molecular weight excluding hydrogens is 348 g/mol. The van der Waals surface area contributed by atoms with Crippen molar-refractivity contribution >= 4 is 29.3 Å². The van der Waals surface area contributed by atoms with Crippen molar-refractivity contribution < 1.29 is 4.79 Å². The molecule has 4 rings (SSSR count). The highest BCUT2D eigenvalue weighted by molar-refractivity contribution is 7.99. The van der Waals surface area contributed by atoms with Crippen molar-refractivity contribution in [2.45, 2.75) is 31.8 Å². The van der Waals surface area contributed by atoms with Gasteiger partial charge in [0.2, 0.25) is 5.91 Å². The third kappa shape index (κ3) is 3.62. The van der Waals surface area contributed by atoms with E-state index < -0.39 is 0 Å². The maximum Gasteiger partial charge on any atom is 0.242 e. The van der Waals surface area contributed by atoms with E-state index in [1.54, 1.807) is 6.33 Å². The maximum absolute atomic E-state index is 13.0. The molecule has 142 valence electrons. The fourth-order valence-corrected chi connectivity index (χ4v) is 5.09. The van der Waals surface area contributed by atoms with E-state index in [1.807, 2.05) is 23.7 Å². The Labute approximate surface area is 159 Å². The van der Waals surface area contributed by atoms with Gasteiger partial charge < -0.3 is 20.0 Å². The van der Waals surface area contributed by atoms with Gasteiger partial charge in [-0.25, -0.2) is 9.97 Å². The van der Waals surface area contributed by atoms with E-state index in [1.165, 1.54) is 0 Å².